The van der Waals surface area contributed by atoms with Gasteiger partial charge in [0, 0.05) is 16.2 Å². The van der Waals surface area contributed by atoms with Crippen LogP contribution in [0.5, 0.6) is 0 Å². The second-order valence-corrected chi connectivity index (χ2v) is 5.84. The third-order valence-electron chi connectivity index (χ3n) is 3.07. The summed E-state index contributed by atoms with van der Waals surface area (Å²) < 4.78 is 39.6. The highest BCUT2D eigenvalue weighted by atomic mass is 79.9. The first-order valence-corrected chi connectivity index (χ1v) is 7.33. The second kappa shape index (κ2) is 6.52. The van der Waals surface area contributed by atoms with E-state index in [-0.39, 0.29) is 11.7 Å². The van der Waals surface area contributed by atoms with E-state index >= 15 is 0 Å². The largest absolute Gasteiger partial charge is 0.418 e. The van der Waals surface area contributed by atoms with Crippen LogP contribution in [0.3, 0.4) is 0 Å². The van der Waals surface area contributed by atoms with Crippen molar-refractivity contribution in [3.8, 4) is 0 Å². The van der Waals surface area contributed by atoms with Crippen LogP contribution in [0.25, 0.3) is 0 Å². The van der Waals surface area contributed by atoms with E-state index < -0.39 is 11.7 Å². The van der Waals surface area contributed by atoms with Gasteiger partial charge in [0.05, 0.1) is 5.56 Å². The summed E-state index contributed by atoms with van der Waals surface area (Å²) in [6.07, 6.45) is -3.71. The molecule has 1 atom stereocenters. The van der Waals surface area contributed by atoms with Gasteiger partial charge in [0.1, 0.15) is 0 Å². The van der Waals surface area contributed by atoms with Gasteiger partial charge < -0.3 is 5.32 Å². The minimum absolute atomic E-state index is 0.0975. The Bertz CT molecular complexity index is 596. The van der Waals surface area contributed by atoms with Crippen molar-refractivity contribution in [3.63, 3.8) is 0 Å². The number of hydrogen-bond donors (Lipinski definition) is 1. The summed E-state index contributed by atoms with van der Waals surface area (Å²) >= 11 is 3.21. The van der Waals surface area contributed by atoms with Gasteiger partial charge in [0.15, 0.2) is 0 Å². The van der Waals surface area contributed by atoms with Crippen LogP contribution in [-0.2, 0) is 12.6 Å². The monoisotopic (exact) mass is 357 g/mol. The van der Waals surface area contributed by atoms with Crippen LogP contribution in [0.2, 0.25) is 0 Å². The topological polar surface area (TPSA) is 12.0 Å². The first-order chi connectivity index (χ1) is 9.86. The average Bonchev–Trinajstić information content (AvgIpc) is 2.38. The van der Waals surface area contributed by atoms with Crippen molar-refractivity contribution in [1.29, 1.82) is 0 Å². The molecule has 0 amide bonds. The van der Waals surface area contributed by atoms with Gasteiger partial charge in [0.2, 0.25) is 0 Å². The number of hydrogen-bond acceptors (Lipinski definition) is 1. The molecule has 0 bridgehead atoms. The van der Waals surface area contributed by atoms with Crippen LogP contribution in [-0.4, -0.2) is 6.04 Å². The summed E-state index contributed by atoms with van der Waals surface area (Å²) in [6.45, 7) is 1.87. The SMILES string of the molecule is CC(Cc1ccccc1)Nc1cc(Br)ccc1C(F)(F)F. The van der Waals surface area contributed by atoms with Crippen molar-refractivity contribution in [2.45, 2.75) is 25.6 Å². The van der Waals surface area contributed by atoms with E-state index in [4.69, 9.17) is 0 Å². The van der Waals surface area contributed by atoms with Gasteiger partial charge in [-0.05, 0) is 37.1 Å². The van der Waals surface area contributed by atoms with Gasteiger partial charge in [0.25, 0.3) is 0 Å². The molecule has 1 nitrogen and oxygen atoms in total. The molecule has 0 aromatic heterocycles. The molecule has 0 spiro atoms. The molecule has 0 radical (unpaired) electrons. The maximum atomic E-state index is 13.0. The Balaban J connectivity index is 2.17. The number of nitrogens with one attached hydrogen (secondary N) is 1. The molecule has 0 saturated carbocycles. The molecule has 5 heteroatoms. The first kappa shape index (κ1) is 15.9. The van der Waals surface area contributed by atoms with Gasteiger partial charge in [-0.25, -0.2) is 0 Å². The number of benzene rings is 2. The molecule has 1 N–H and O–H groups in total. The first-order valence-electron chi connectivity index (χ1n) is 6.53. The number of rotatable bonds is 4. The van der Waals surface area contributed by atoms with Gasteiger partial charge in [-0.3, -0.25) is 0 Å². The molecule has 2 aromatic carbocycles. The summed E-state index contributed by atoms with van der Waals surface area (Å²) in [7, 11) is 0. The lowest BCUT2D eigenvalue weighted by atomic mass is 10.1. The van der Waals surface area contributed by atoms with Crippen molar-refractivity contribution >= 4 is 21.6 Å². The Morgan fingerprint density at radius 2 is 1.76 bits per heavy atom. The summed E-state index contributed by atoms with van der Waals surface area (Å²) in [6, 6.07) is 13.5. The summed E-state index contributed by atoms with van der Waals surface area (Å²) in [5.74, 6) is 0. The van der Waals surface area contributed by atoms with Crippen molar-refractivity contribution in [2.75, 3.05) is 5.32 Å². The van der Waals surface area contributed by atoms with Crippen LogP contribution in [0.4, 0.5) is 18.9 Å². The normalized spacial score (nSPS) is 13.0. The van der Waals surface area contributed by atoms with E-state index in [1.54, 1.807) is 0 Å². The molecule has 2 aromatic rings. The molecule has 112 valence electrons. The van der Waals surface area contributed by atoms with E-state index in [1.165, 1.54) is 12.1 Å². The quantitative estimate of drug-likeness (QED) is 0.760. The lowest BCUT2D eigenvalue weighted by Gasteiger charge is -2.20. The minimum atomic E-state index is -4.37. The molecule has 0 fully saturated rings. The van der Waals surface area contributed by atoms with E-state index in [0.717, 1.165) is 11.6 Å². The summed E-state index contributed by atoms with van der Waals surface area (Å²) in [5.41, 5.74) is 0.534. The predicted molar refractivity (Wildman–Crippen MR) is 82.4 cm³/mol. The third kappa shape index (κ3) is 4.49. The van der Waals surface area contributed by atoms with Crippen molar-refractivity contribution in [2.24, 2.45) is 0 Å². The highest BCUT2D eigenvalue weighted by Gasteiger charge is 2.33. The van der Waals surface area contributed by atoms with Gasteiger partial charge in [-0.15, -0.1) is 0 Å². The predicted octanol–water partition coefficient (Wildman–Crippen LogP) is 5.51. The highest BCUT2D eigenvalue weighted by molar-refractivity contribution is 9.10. The lowest BCUT2D eigenvalue weighted by Crippen LogP contribution is -2.21. The molecule has 0 saturated heterocycles. The number of halogens is 4. The molecular weight excluding hydrogens is 343 g/mol. The summed E-state index contributed by atoms with van der Waals surface area (Å²) in [5, 5.41) is 2.96. The highest BCUT2D eigenvalue weighted by Crippen LogP contribution is 2.36. The van der Waals surface area contributed by atoms with Crippen LogP contribution >= 0.6 is 15.9 Å². The zero-order valence-corrected chi connectivity index (χ0v) is 13.0. The Labute approximate surface area is 130 Å². The van der Waals surface area contributed by atoms with Crippen molar-refractivity contribution in [1.82, 2.24) is 0 Å². The lowest BCUT2D eigenvalue weighted by molar-refractivity contribution is -0.137. The minimum Gasteiger partial charge on any atom is -0.382 e. The molecule has 0 heterocycles. The Morgan fingerprint density at radius 1 is 1.10 bits per heavy atom. The Kier molecular flexibility index (Phi) is 4.93. The van der Waals surface area contributed by atoms with E-state index in [9.17, 15) is 13.2 Å². The van der Waals surface area contributed by atoms with Crippen molar-refractivity contribution in [3.05, 3.63) is 64.1 Å². The fourth-order valence-electron chi connectivity index (χ4n) is 2.17. The fourth-order valence-corrected chi connectivity index (χ4v) is 2.53. The zero-order valence-electron chi connectivity index (χ0n) is 11.4. The number of alkyl halides is 3. The second-order valence-electron chi connectivity index (χ2n) is 4.92. The molecule has 0 aliphatic heterocycles. The molecule has 0 aliphatic carbocycles. The zero-order chi connectivity index (χ0) is 15.5. The van der Waals surface area contributed by atoms with Crippen LogP contribution in [0, 0.1) is 0 Å². The average molecular weight is 358 g/mol. The van der Waals surface area contributed by atoms with Crippen LogP contribution < -0.4 is 5.32 Å². The third-order valence-corrected chi connectivity index (χ3v) is 3.57. The van der Waals surface area contributed by atoms with Crippen LogP contribution in [0.1, 0.15) is 18.1 Å². The Morgan fingerprint density at radius 3 is 2.38 bits per heavy atom. The standard InChI is InChI=1S/C16H15BrF3N/c1-11(9-12-5-3-2-4-6-12)21-15-10-13(17)7-8-14(15)16(18,19)20/h2-8,10-11,21H,9H2,1H3. The van der Waals surface area contributed by atoms with E-state index in [0.29, 0.717) is 10.9 Å². The maximum absolute atomic E-state index is 13.0. The van der Waals surface area contributed by atoms with E-state index in [2.05, 4.69) is 21.2 Å². The Hall–Kier alpha value is -1.49. The van der Waals surface area contributed by atoms with E-state index in [1.807, 2.05) is 37.3 Å². The van der Waals surface area contributed by atoms with Crippen LogP contribution in [0.15, 0.2) is 53.0 Å². The fraction of sp³-hybridized carbons (Fsp3) is 0.250. The van der Waals surface area contributed by atoms with Gasteiger partial charge in [-0.1, -0.05) is 46.3 Å². The maximum Gasteiger partial charge on any atom is 0.418 e. The molecular formula is C16H15BrF3N. The van der Waals surface area contributed by atoms with Crippen molar-refractivity contribution < 1.29 is 13.2 Å². The summed E-state index contributed by atoms with van der Waals surface area (Å²) in [4.78, 5) is 0. The van der Waals surface area contributed by atoms with Gasteiger partial charge in [-0.2, -0.15) is 13.2 Å². The molecule has 21 heavy (non-hydrogen) atoms. The molecule has 0 aliphatic rings. The molecule has 1 unspecified atom stereocenters. The molecule has 2 rings (SSSR count). The smallest absolute Gasteiger partial charge is 0.382 e. The van der Waals surface area contributed by atoms with Gasteiger partial charge >= 0.3 is 6.18 Å². The number of anilines is 1.